The molecule has 1 aliphatic heterocycles. The van der Waals surface area contributed by atoms with Crippen LogP contribution in [0.2, 0.25) is 0 Å². The Morgan fingerprint density at radius 1 is 0.871 bits per heavy atom. The van der Waals surface area contributed by atoms with Crippen LogP contribution in [0.3, 0.4) is 0 Å². The monoisotopic (exact) mass is 426 g/mol. The lowest BCUT2D eigenvalue weighted by atomic mass is 9.99. The summed E-state index contributed by atoms with van der Waals surface area (Å²) in [5, 5.41) is 2.70. The number of nitrogens with one attached hydrogen (secondary N) is 1. The zero-order valence-corrected chi connectivity index (χ0v) is 18.2. The normalized spacial score (nSPS) is 15.4. The standard InChI is InChI=1S/C26H22N2O2S/c1-17-12-18(2)14-21(13-17)15-19-8-10-20(11-9-19)16-23-24(29)27-26(31)28(25(23)30)22-6-4-3-5-7-22/h3-14,16H,15H2,1-2H3,(H,27,29,31)/b23-16-. The van der Waals surface area contributed by atoms with Crippen molar-refractivity contribution in [2.45, 2.75) is 20.3 Å². The Kier molecular flexibility index (Phi) is 5.78. The van der Waals surface area contributed by atoms with Crippen LogP contribution in [0.4, 0.5) is 5.69 Å². The van der Waals surface area contributed by atoms with E-state index in [1.165, 1.54) is 27.2 Å². The fourth-order valence-corrected chi connectivity index (χ4v) is 4.06. The third-order valence-corrected chi connectivity index (χ3v) is 5.38. The fraction of sp³-hybridized carbons (Fsp3) is 0.115. The number of aryl methyl sites for hydroxylation is 2. The van der Waals surface area contributed by atoms with Crippen LogP contribution in [0, 0.1) is 13.8 Å². The number of benzene rings is 3. The van der Waals surface area contributed by atoms with Crippen molar-refractivity contribution in [3.05, 3.63) is 106 Å². The number of thiocarbonyl (C=S) groups is 1. The molecule has 31 heavy (non-hydrogen) atoms. The Hall–Kier alpha value is -3.57. The molecule has 1 fully saturated rings. The number of para-hydroxylation sites is 1. The largest absolute Gasteiger partial charge is 0.298 e. The van der Waals surface area contributed by atoms with E-state index in [0.29, 0.717) is 5.69 Å². The molecule has 3 aromatic carbocycles. The topological polar surface area (TPSA) is 49.4 Å². The minimum absolute atomic E-state index is 0.0551. The van der Waals surface area contributed by atoms with Gasteiger partial charge in [-0.15, -0.1) is 0 Å². The summed E-state index contributed by atoms with van der Waals surface area (Å²) < 4.78 is 0. The van der Waals surface area contributed by atoms with Gasteiger partial charge in [-0.2, -0.15) is 0 Å². The van der Waals surface area contributed by atoms with Gasteiger partial charge in [0.2, 0.25) is 0 Å². The highest BCUT2D eigenvalue weighted by Crippen LogP contribution is 2.22. The first-order chi connectivity index (χ1) is 14.9. The molecule has 0 atom stereocenters. The lowest BCUT2D eigenvalue weighted by molar-refractivity contribution is -0.122. The number of carbonyl (C=O) groups excluding carboxylic acids is 2. The first-order valence-corrected chi connectivity index (χ1v) is 10.4. The van der Waals surface area contributed by atoms with E-state index in [1.807, 2.05) is 42.5 Å². The van der Waals surface area contributed by atoms with Crippen LogP contribution < -0.4 is 10.2 Å². The highest BCUT2D eigenvalue weighted by atomic mass is 32.1. The second kappa shape index (κ2) is 8.66. The Morgan fingerprint density at radius 2 is 1.52 bits per heavy atom. The van der Waals surface area contributed by atoms with Crippen molar-refractivity contribution in [3.8, 4) is 0 Å². The molecule has 4 rings (SSSR count). The molecule has 3 aromatic rings. The number of anilines is 1. The molecule has 0 spiro atoms. The molecule has 1 saturated heterocycles. The predicted octanol–water partition coefficient (Wildman–Crippen LogP) is 4.73. The van der Waals surface area contributed by atoms with E-state index in [9.17, 15) is 9.59 Å². The van der Waals surface area contributed by atoms with Crippen LogP contribution in [0.25, 0.3) is 6.08 Å². The molecule has 0 radical (unpaired) electrons. The average molecular weight is 427 g/mol. The summed E-state index contributed by atoms with van der Waals surface area (Å²) in [7, 11) is 0. The number of nitrogens with zero attached hydrogens (tertiary/aromatic N) is 1. The number of carbonyl (C=O) groups is 2. The van der Waals surface area contributed by atoms with Gasteiger partial charge in [0.25, 0.3) is 11.8 Å². The van der Waals surface area contributed by atoms with Gasteiger partial charge < -0.3 is 0 Å². The van der Waals surface area contributed by atoms with Crippen molar-refractivity contribution in [1.29, 1.82) is 0 Å². The van der Waals surface area contributed by atoms with Crippen molar-refractivity contribution in [3.63, 3.8) is 0 Å². The number of hydrogen-bond donors (Lipinski definition) is 1. The van der Waals surface area contributed by atoms with Crippen molar-refractivity contribution >= 4 is 40.9 Å². The van der Waals surface area contributed by atoms with Gasteiger partial charge >= 0.3 is 0 Å². The lowest BCUT2D eigenvalue weighted by Gasteiger charge is -2.28. The molecule has 0 bridgehead atoms. The van der Waals surface area contributed by atoms with Gasteiger partial charge in [-0.05, 0) is 67.4 Å². The Morgan fingerprint density at radius 3 is 2.16 bits per heavy atom. The third kappa shape index (κ3) is 4.62. The Bertz CT molecular complexity index is 1180. The fourth-order valence-electron chi connectivity index (χ4n) is 3.77. The molecule has 0 saturated carbocycles. The maximum Gasteiger partial charge on any atom is 0.270 e. The van der Waals surface area contributed by atoms with Crippen LogP contribution in [0.15, 0.2) is 78.4 Å². The Labute approximate surface area is 187 Å². The predicted molar refractivity (Wildman–Crippen MR) is 128 cm³/mol. The summed E-state index contributed by atoms with van der Waals surface area (Å²) in [5.41, 5.74) is 6.38. The van der Waals surface area contributed by atoms with E-state index in [4.69, 9.17) is 12.2 Å². The van der Waals surface area contributed by atoms with Crippen molar-refractivity contribution in [2.24, 2.45) is 0 Å². The second-order valence-electron chi connectivity index (χ2n) is 7.71. The molecule has 2 amide bonds. The van der Waals surface area contributed by atoms with Crippen LogP contribution >= 0.6 is 12.2 Å². The zero-order valence-electron chi connectivity index (χ0n) is 17.4. The van der Waals surface area contributed by atoms with Gasteiger partial charge in [-0.25, -0.2) is 0 Å². The van der Waals surface area contributed by atoms with E-state index in [0.717, 1.165) is 12.0 Å². The van der Waals surface area contributed by atoms with E-state index in [2.05, 4.69) is 37.4 Å². The van der Waals surface area contributed by atoms with Gasteiger partial charge in [0, 0.05) is 0 Å². The molecule has 1 N–H and O–H groups in total. The van der Waals surface area contributed by atoms with E-state index in [-0.39, 0.29) is 10.7 Å². The minimum atomic E-state index is -0.485. The maximum atomic E-state index is 13.0. The zero-order chi connectivity index (χ0) is 22.0. The summed E-state index contributed by atoms with van der Waals surface area (Å²) in [6, 6.07) is 23.5. The summed E-state index contributed by atoms with van der Waals surface area (Å²) in [6.45, 7) is 4.20. The molecule has 154 valence electrons. The maximum absolute atomic E-state index is 13.0. The molecular formula is C26H22N2O2S. The smallest absolute Gasteiger partial charge is 0.270 e. The van der Waals surface area contributed by atoms with Gasteiger partial charge in [0.05, 0.1) is 5.69 Å². The average Bonchev–Trinajstić information content (AvgIpc) is 2.72. The summed E-state index contributed by atoms with van der Waals surface area (Å²) >= 11 is 5.22. The molecule has 0 aromatic heterocycles. The molecule has 1 heterocycles. The first-order valence-electron chi connectivity index (χ1n) is 10.0. The third-order valence-electron chi connectivity index (χ3n) is 5.10. The van der Waals surface area contributed by atoms with Crippen LogP contribution in [-0.2, 0) is 16.0 Å². The minimum Gasteiger partial charge on any atom is -0.298 e. The van der Waals surface area contributed by atoms with Gasteiger partial charge in [-0.3, -0.25) is 19.8 Å². The number of hydrogen-bond acceptors (Lipinski definition) is 3. The lowest BCUT2D eigenvalue weighted by Crippen LogP contribution is -2.54. The molecule has 1 aliphatic rings. The summed E-state index contributed by atoms with van der Waals surface area (Å²) in [5.74, 6) is -0.916. The van der Waals surface area contributed by atoms with Crippen molar-refractivity contribution in [1.82, 2.24) is 5.32 Å². The summed E-state index contributed by atoms with van der Waals surface area (Å²) in [4.78, 5) is 26.8. The molecule has 4 nitrogen and oxygen atoms in total. The van der Waals surface area contributed by atoms with Crippen molar-refractivity contribution < 1.29 is 9.59 Å². The van der Waals surface area contributed by atoms with E-state index in [1.54, 1.807) is 18.2 Å². The molecule has 0 unspecified atom stereocenters. The molecule has 5 heteroatoms. The van der Waals surface area contributed by atoms with Crippen LogP contribution in [-0.4, -0.2) is 16.9 Å². The van der Waals surface area contributed by atoms with Crippen LogP contribution in [0.5, 0.6) is 0 Å². The number of amides is 2. The highest BCUT2D eigenvalue weighted by Gasteiger charge is 2.34. The highest BCUT2D eigenvalue weighted by molar-refractivity contribution is 7.80. The first kappa shape index (κ1) is 20.7. The van der Waals surface area contributed by atoms with Gasteiger partial charge in [0.15, 0.2) is 5.11 Å². The van der Waals surface area contributed by atoms with E-state index >= 15 is 0 Å². The summed E-state index contributed by atoms with van der Waals surface area (Å²) in [6.07, 6.45) is 2.44. The van der Waals surface area contributed by atoms with Crippen LogP contribution in [0.1, 0.15) is 27.8 Å². The van der Waals surface area contributed by atoms with Gasteiger partial charge in [0.1, 0.15) is 5.57 Å². The van der Waals surface area contributed by atoms with Gasteiger partial charge in [-0.1, -0.05) is 71.8 Å². The quantitative estimate of drug-likeness (QED) is 0.373. The molecule has 0 aliphatic carbocycles. The SMILES string of the molecule is Cc1cc(C)cc(Cc2ccc(/C=C3/C(=O)NC(=S)N(c4ccccc4)C3=O)cc2)c1. The van der Waals surface area contributed by atoms with Crippen molar-refractivity contribution in [2.75, 3.05) is 4.90 Å². The van der Waals surface area contributed by atoms with E-state index < -0.39 is 11.8 Å². The number of rotatable bonds is 4. The second-order valence-corrected chi connectivity index (χ2v) is 8.09. The Balaban J connectivity index is 1.57. The molecular weight excluding hydrogens is 404 g/mol.